The van der Waals surface area contributed by atoms with E-state index in [4.69, 9.17) is 14.6 Å². The van der Waals surface area contributed by atoms with Gasteiger partial charge in [-0.3, -0.25) is 4.79 Å². The van der Waals surface area contributed by atoms with E-state index in [2.05, 4.69) is 10.1 Å². The van der Waals surface area contributed by atoms with Crippen molar-refractivity contribution >= 4 is 34.5 Å². The van der Waals surface area contributed by atoms with Gasteiger partial charge in [-0.15, -0.1) is 5.10 Å². The summed E-state index contributed by atoms with van der Waals surface area (Å²) < 4.78 is 15.3. The van der Waals surface area contributed by atoms with Crippen LogP contribution >= 0.6 is 11.3 Å². The number of rotatable bonds is 10. The molecule has 3 heterocycles. The van der Waals surface area contributed by atoms with Crippen LogP contribution in [-0.4, -0.2) is 31.0 Å². The molecule has 7 aromatic rings. The number of hydrogen-bond acceptors (Lipinski definition) is 7. The van der Waals surface area contributed by atoms with Crippen LogP contribution in [0.25, 0.3) is 40.1 Å². The molecule has 0 amide bonds. The van der Waals surface area contributed by atoms with Crippen molar-refractivity contribution in [3.8, 4) is 28.4 Å². The average molecular weight is 624 g/mol. The molecule has 4 aromatic carbocycles. The summed E-state index contributed by atoms with van der Waals surface area (Å²) >= 11 is 1.30. The van der Waals surface area contributed by atoms with Crippen LogP contribution in [0.5, 0.6) is 11.5 Å². The SMILES string of the molecule is CCOc1ccc(/C=C/c2nc3s/c(=C\c4cn(-c5ccccc5)nc4-c4cccc(OCc5ccccc5)c4)c(=O)n3n2)cc1. The Morgan fingerprint density at radius 1 is 0.804 bits per heavy atom. The van der Waals surface area contributed by atoms with E-state index in [-0.39, 0.29) is 5.56 Å². The summed E-state index contributed by atoms with van der Waals surface area (Å²) in [6.07, 6.45) is 7.50. The van der Waals surface area contributed by atoms with Crippen molar-refractivity contribution in [2.24, 2.45) is 0 Å². The van der Waals surface area contributed by atoms with Crippen molar-refractivity contribution in [3.05, 3.63) is 153 Å². The molecular weight excluding hydrogens is 595 g/mol. The summed E-state index contributed by atoms with van der Waals surface area (Å²) in [6, 6.07) is 35.5. The van der Waals surface area contributed by atoms with Crippen molar-refractivity contribution in [1.82, 2.24) is 24.4 Å². The van der Waals surface area contributed by atoms with E-state index in [9.17, 15) is 4.79 Å². The van der Waals surface area contributed by atoms with Gasteiger partial charge in [0.25, 0.3) is 5.56 Å². The summed E-state index contributed by atoms with van der Waals surface area (Å²) in [6.45, 7) is 3.03. The Hall–Kier alpha value is -5.80. The molecular formula is C37H29N5O3S. The maximum atomic E-state index is 13.5. The minimum absolute atomic E-state index is 0.230. The summed E-state index contributed by atoms with van der Waals surface area (Å²) in [7, 11) is 0. The first kappa shape index (κ1) is 28.9. The largest absolute Gasteiger partial charge is 0.494 e. The smallest absolute Gasteiger partial charge is 0.291 e. The zero-order valence-electron chi connectivity index (χ0n) is 25.0. The number of hydrogen-bond donors (Lipinski definition) is 0. The van der Waals surface area contributed by atoms with E-state index in [1.807, 2.05) is 139 Å². The van der Waals surface area contributed by atoms with Crippen LogP contribution in [0.4, 0.5) is 0 Å². The maximum absolute atomic E-state index is 13.5. The molecule has 0 saturated carbocycles. The number of thiazole rings is 1. The van der Waals surface area contributed by atoms with Crippen molar-refractivity contribution in [2.75, 3.05) is 6.61 Å². The molecule has 7 rings (SSSR count). The Bertz CT molecular complexity index is 2240. The number of fused-ring (bicyclic) bond motifs is 1. The lowest BCUT2D eigenvalue weighted by Gasteiger charge is -2.08. The lowest BCUT2D eigenvalue weighted by Crippen LogP contribution is -2.23. The van der Waals surface area contributed by atoms with E-state index in [0.717, 1.165) is 45.1 Å². The molecule has 0 aliphatic rings. The van der Waals surface area contributed by atoms with Crippen molar-refractivity contribution in [3.63, 3.8) is 0 Å². The molecule has 0 fully saturated rings. The summed E-state index contributed by atoms with van der Waals surface area (Å²) in [5.74, 6) is 2.02. The second kappa shape index (κ2) is 13.1. The van der Waals surface area contributed by atoms with Crippen LogP contribution in [0.1, 0.15) is 29.4 Å². The lowest BCUT2D eigenvalue weighted by atomic mass is 10.1. The fraction of sp³-hybridized carbons (Fsp3) is 0.0811. The van der Waals surface area contributed by atoms with Gasteiger partial charge in [-0.05, 0) is 66.6 Å². The standard InChI is InChI=1S/C37H29N5O3S/c1-2-44-31-19-16-26(17-20-31)18-21-34-38-37-42(39-34)36(43)33(46-37)23-29-24-41(30-13-7-4-8-14-30)40-35(29)28-12-9-15-32(22-28)45-25-27-10-5-3-6-11-27/h3-24H,2,25H2,1H3/b21-18+,33-23-. The predicted molar refractivity (Wildman–Crippen MR) is 182 cm³/mol. The van der Waals surface area contributed by atoms with Gasteiger partial charge < -0.3 is 9.47 Å². The van der Waals surface area contributed by atoms with Crippen molar-refractivity contribution < 1.29 is 9.47 Å². The van der Waals surface area contributed by atoms with E-state index in [1.54, 1.807) is 6.08 Å². The Morgan fingerprint density at radius 3 is 2.35 bits per heavy atom. The van der Waals surface area contributed by atoms with Gasteiger partial charge in [-0.25, -0.2) is 4.68 Å². The minimum atomic E-state index is -0.230. The molecule has 0 saturated heterocycles. The first-order valence-corrected chi connectivity index (χ1v) is 15.7. The zero-order chi connectivity index (χ0) is 31.3. The lowest BCUT2D eigenvalue weighted by molar-refractivity contribution is 0.306. The second-order valence-corrected chi connectivity index (χ2v) is 11.4. The normalized spacial score (nSPS) is 11.9. The molecule has 0 unspecified atom stereocenters. The van der Waals surface area contributed by atoms with Crippen LogP contribution in [0.3, 0.4) is 0 Å². The number of ether oxygens (including phenoxy) is 2. The summed E-state index contributed by atoms with van der Waals surface area (Å²) in [5, 5.41) is 9.40. The van der Waals surface area contributed by atoms with Crippen LogP contribution in [-0.2, 0) is 6.61 Å². The Balaban J connectivity index is 1.21. The quantitative estimate of drug-likeness (QED) is 0.169. The van der Waals surface area contributed by atoms with E-state index in [1.165, 1.54) is 15.9 Å². The van der Waals surface area contributed by atoms with Gasteiger partial charge in [-0.1, -0.05) is 90.2 Å². The molecule has 46 heavy (non-hydrogen) atoms. The minimum Gasteiger partial charge on any atom is -0.494 e. The third-order valence-electron chi connectivity index (χ3n) is 7.22. The fourth-order valence-electron chi connectivity index (χ4n) is 4.98. The predicted octanol–water partition coefficient (Wildman–Crippen LogP) is 6.70. The summed E-state index contributed by atoms with van der Waals surface area (Å²) in [4.78, 5) is 18.6. The van der Waals surface area contributed by atoms with Gasteiger partial charge in [-0.2, -0.15) is 14.6 Å². The molecule has 8 nitrogen and oxygen atoms in total. The number of benzene rings is 4. The molecule has 0 aliphatic carbocycles. The van der Waals surface area contributed by atoms with Gasteiger partial charge >= 0.3 is 0 Å². The first-order chi connectivity index (χ1) is 22.6. The zero-order valence-corrected chi connectivity index (χ0v) is 25.8. The number of para-hydroxylation sites is 1. The van der Waals surface area contributed by atoms with Crippen molar-refractivity contribution in [2.45, 2.75) is 13.5 Å². The third kappa shape index (κ3) is 6.36. The van der Waals surface area contributed by atoms with Crippen LogP contribution in [0.2, 0.25) is 0 Å². The number of aromatic nitrogens is 5. The molecule has 3 aromatic heterocycles. The topological polar surface area (TPSA) is 83.5 Å². The highest BCUT2D eigenvalue weighted by atomic mass is 32.1. The van der Waals surface area contributed by atoms with Crippen LogP contribution < -0.4 is 19.6 Å². The average Bonchev–Trinajstić information content (AvgIpc) is 3.79. The highest BCUT2D eigenvalue weighted by molar-refractivity contribution is 7.15. The monoisotopic (exact) mass is 623 g/mol. The highest BCUT2D eigenvalue weighted by Crippen LogP contribution is 2.28. The van der Waals surface area contributed by atoms with Gasteiger partial charge in [0.15, 0.2) is 5.82 Å². The fourth-order valence-corrected chi connectivity index (χ4v) is 5.88. The molecule has 0 radical (unpaired) electrons. The highest BCUT2D eigenvalue weighted by Gasteiger charge is 2.15. The molecule has 0 atom stereocenters. The van der Waals surface area contributed by atoms with E-state index >= 15 is 0 Å². The first-order valence-electron chi connectivity index (χ1n) is 14.9. The molecule has 9 heteroatoms. The third-order valence-corrected chi connectivity index (χ3v) is 8.18. The Morgan fingerprint density at radius 2 is 1.59 bits per heavy atom. The number of nitrogens with zero attached hydrogens (tertiary/aromatic N) is 5. The maximum Gasteiger partial charge on any atom is 0.291 e. The molecule has 0 N–H and O–H groups in total. The molecule has 0 aliphatic heterocycles. The summed E-state index contributed by atoms with van der Waals surface area (Å²) in [5.41, 5.74) is 5.15. The van der Waals surface area contributed by atoms with Crippen LogP contribution in [0, 0.1) is 0 Å². The van der Waals surface area contributed by atoms with Gasteiger partial charge in [0.05, 0.1) is 16.8 Å². The Labute approximate surface area is 269 Å². The van der Waals surface area contributed by atoms with Gasteiger partial charge in [0.2, 0.25) is 4.96 Å². The van der Waals surface area contributed by atoms with Crippen molar-refractivity contribution in [1.29, 1.82) is 0 Å². The van der Waals surface area contributed by atoms with Gasteiger partial charge in [0, 0.05) is 17.3 Å². The Kier molecular flexibility index (Phi) is 8.21. The van der Waals surface area contributed by atoms with E-state index in [0.29, 0.717) is 28.5 Å². The van der Waals surface area contributed by atoms with Gasteiger partial charge in [0.1, 0.15) is 23.8 Å². The molecule has 0 spiro atoms. The van der Waals surface area contributed by atoms with E-state index < -0.39 is 0 Å². The molecule has 226 valence electrons. The second-order valence-electron chi connectivity index (χ2n) is 10.4. The van der Waals surface area contributed by atoms with Crippen LogP contribution in [0.15, 0.2) is 120 Å². The molecule has 0 bridgehead atoms.